The van der Waals surface area contributed by atoms with E-state index >= 15 is 0 Å². The molecule has 0 aliphatic rings. The molecule has 3 nitrogen and oxygen atoms in total. The van der Waals surface area contributed by atoms with E-state index in [-0.39, 0.29) is 5.97 Å². The fraction of sp³-hybridized carbons (Fsp3) is 0.500. The van der Waals surface area contributed by atoms with Crippen molar-refractivity contribution in [3.63, 3.8) is 0 Å². The van der Waals surface area contributed by atoms with Gasteiger partial charge >= 0.3 is 5.97 Å². The van der Waals surface area contributed by atoms with Crippen molar-refractivity contribution in [2.24, 2.45) is 0 Å². The molecule has 0 aliphatic heterocycles. The first-order valence-corrected chi connectivity index (χ1v) is 6.07. The van der Waals surface area contributed by atoms with Gasteiger partial charge in [-0.2, -0.15) is 0 Å². The van der Waals surface area contributed by atoms with Gasteiger partial charge in [-0.25, -0.2) is 4.79 Å². The van der Waals surface area contributed by atoms with Crippen molar-refractivity contribution in [2.75, 3.05) is 12.4 Å². The Balaban J connectivity index is 2.86. The highest BCUT2D eigenvalue weighted by Gasteiger charge is 2.09. The molecule has 0 amide bonds. The highest BCUT2D eigenvalue weighted by atomic mass is 16.5. The quantitative estimate of drug-likeness (QED) is 0.795. The normalized spacial score (nSPS) is 10.4. The van der Waals surface area contributed by atoms with E-state index in [0.717, 1.165) is 24.1 Å². The Morgan fingerprint density at radius 1 is 1.35 bits per heavy atom. The first-order valence-electron chi connectivity index (χ1n) is 6.07. The summed E-state index contributed by atoms with van der Waals surface area (Å²) >= 11 is 0. The highest BCUT2D eigenvalue weighted by molar-refractivity contribution is 5.90. The number of carbonyl (C=O) groups is 1. The van der Waals surface area contributed by atoms with Gasteiger partial charge < -0.3 is 10.1 Å². The molecule has 0 bridgehead atoms. The van der Waals surface area contributed by atoms with E-state index in [1.807, 2.05) is 19.1 Å². The van der Waals surface area contributed by atoms with Gasteiger partial charge in [-0.05, 0) is 43.5 Å². The van der Waals surface area contributed by atoms with E-state index in [0.29, 0.717) is 11.6 Å². The third-order valence-corrected chi connectivity index (χ3v) is 2.99. The van der Waals surface area contributed by atoms with Gasteiger partial charge in [0.25, 0.3) is 0 Å². The third kappa shape index (κ3) is 3.48. The average Bonchev–Trinajstić information content (AvgIpc) is 2.36. The van der Waals surface area contributed by atoms with Gasteiger partial charge in [-0.3, -0.25) is 0 Å². The van der Waals surface area contributed by atoms with Crippen molar-refractivity contribution in [1.82, 2.24) is 0 Å². The number of benzene rings is 1. The minimum Gasteiger partial charge on any atom is -0.465 e. The molecule has 0 atom stereocenters. The second kappa shape index (κ2) is 6.28. The standard InChI is InChI=1S/C14H21NO2/c1-5-12(6-2)15-13-8-7-11(9-10(13)3)14(16)17-4/h7-9,12,15H,5-6H2,1-4H3. The smallest absolute Gasteiger partial charge is 0.337 e. The number of rotatable bonds is 5. The molecule has 0 spiro atoms. The zero-order chi connectivity index (χ0) is 12.8. The predicted molar refractivity (Wildman–Crippen MR) is 70.5 cm³/mol. The molecule has 3 heteroatoms. The number of carbonyl (C=O) groups excluding carboxylic acids is 1. The molecule has 1 aromatic rings. The number of ether oxygens (including phenoxy) is 1. The highest BCUT2D eigenvalue weighted by Crippen LogP contribution is 2.19. The van der Waals surface area contributed by atoms with Crippen LogP contribution in [0.3, 0.4) is 0 Å². The molecule has 17 heavy (non-hydrogen) atoms. The van der Waals surface area contributed by atoms with Crippen molar-refractivity contribution in [3.8, 4) is 0 Å². The van der Waals surface area contributed by atoms with E-state index in [1.54, 1.807) is 6.07 Å². The summed E-state index contributed by atoms with van der Waals surface area (Å²) in [5.74, 6) is -0.290. The lowest BCUT2D eigenvalue weighted by Gasteiger charge is -2.18. The van der Waals surface area contributed by atoms with Crippen LogP contribution in [0.15, 0.2) is 18.2 Å². The molecule has 0 heterocycles. The number of aryl methyl sites for hydroxylation is 1. The molecule has 94 valence electrons. The number of nitrogens with one attached hydrogen (secondary N) is 1. The Hall–Kier alpha value is -1.51. The summed E-state index contributed by atoms with van der Waals surface area (Å²) < 4.78 is 4.70. The van der Waals surface area contributed by atoms with Crippen LogP contribution in [0.25, 0.3) is 0 Å². The maximum Gasteiger partial charge on any atom is 0.337 e. The molecule has 0 fully saturated rings. The van der Waals surface area contributed by atoms with Gasteiger partial charge in [0.1, 0.15) is 0 Å². The Morgan fingerprint density at radius 3 is 2.47 bits per heavy atom. The molecule has 0 saturated carbocycles. The van der Waals surface area contributed by atoms with E-state index in [9.17, 15) is 4.79 Å². The molecule has 1 aromatic carbocycles. The summed E-state index contributed by atoms with van der Waals surface area (Å²) in [7, 11) is 1.40. The van der Waals surface area contributed by atoms with Gasteiger partial charge in [0.15, 0.2) is 0 Å². The van der Waals surface area contributed by atoms with E-state index in [2.05, 4.69) is 19.2 Å². The van der Waals surface area contributed by atoms with Crippen molar-refractivity contribution < 1.29 is 9.53 Å². The van der Waals surface area contributed by atoms with E-state index in [1.165, 1.54) is 7.11 Å². The van der Waals surface area contributed by atoms with Crippen molar-refractivity contribution in [1.29, 1.82) is 0 Å². The monoisotopic (exact) mass is 235 g/mol. The average molecular weight is 235 g/mol. The zero-order valence-corrected chi connectivity index (χ0v) is 11.0. The Bertz CT molecular complexity index is 384. The van der Waals surface area contributed by atoms with Crippen molar-refractivity contribution in [2.45, 2.75) is 39.7 Å². The third-order valence-electron chi connectivity index (χ3n) is 2.99. The Kier molecular flexibility index (Phi) is 5.01. The lowest BCUT2D eigenvalue weighted by atomic mass is 10.1. The van der Waals surface area contributed by atoms with Crippen LogP contribution >= 0.6 is 0 Å². The molecule has 0 radical (unpaired) electrons. The Labute approximate surface area is 103 Å². The SMILES string of the molecule is CCC(CC)Nc1ccc(C(=O)OC)cc1C. The van der Waals surface area contributed by atoms with Crippen molar-refractivity contribution >= 4 is 11.7 Å². The number of hydrogen-bond donors (Lipinski definition) is 1. The first kappa shape index (κ1) is 13.6. The van der Waals surface area contributed by atoms with E-state index < -0.39 is 0 Å². The summed E-state index contributed by atoms with van der Waals surface area (Å²) in [5, 5.41) is 3.48. The van der Waals surface area contributed by atoms with Crippen LogP contribution in [-0.4, -0.2) is 19.1 Å². The van der Waals surface area contributed by atoms with Crippen LogP contribution < -0.4 is 5.32 Å². The molecule has 0 saturated heterocycles. The molecule has 0 unspecified atom stereocenters. The van der Waals surface area contributed by atoms with Gasteiger partial charge in [0.2, 0.25) is 0 Å². The number of hydrogen-bond acceptors (Lipinski definition) is 3. The summed E-state index contributed by atoms with van der Waals surface area (Å²) in [5.41, 5.74) is 2.76. The fourth-order valence-electron chi connectivity index (χ4n) is 1.78. The van der Waals surface area contributed by atoms with Crippen LogP contribution in [0, 0.1) is 6.92 Å². The summed E-state index contributed by atoms with van der Waals surface area (Å²) in [6, 6.07) is 6.08. The number of methoxy groups -OCH3 is 1. The molecular weight excluding hydrogens is 214 g/mol. The molecule has 1 rings (SSSR count). The van der Waals surface area contributed by atoms with Crippen LogP contribution in [0.2, 0.25) is 0 Å². The number of anilines is 1. The van der Waals surface area contributed by atoms with E-state index in [4.69, 9.17) is 4.74 Å². The topological polar surface area (TPSA) is 38.3 Å². The van der Waals surface area contributed by atoms with Gasteiger partial charge in [-0.1, -0.05) is 13.8 Å². The van der Waals surface area contributed by atoms with Gasteiger partial charge in [0, 0.05) is 11.7 Å². The van der Waals surface area contributed by atoms with Crippen LogP contribution in [0.5, 0.6) is 0 Å². The zero-order valence-electron chi connectivity index (χ0n) is 11.0. The minimum atomic E-state index is -0.290. The van der Waals surface area contributed by atoms with Crippen molar-refractivity contribution in [3.05, 3.63) is 29.3 Å². The summed E-state index contributed by atoms with van der Waals surface area (Å²) in [6.07, 6.45) is 2.18. The molecule has 0 aromatic heterocycles. The molecule has 1 N–H and O–H groups in total. The first-order chi connectivity index (χ1) is 8.12. The number of esters is 1. The fourth-order valence-corrected chi connectivity index (χ4v) is 1.78. The van der Waals surface area contributed by atoms with Crippen LogP contribution in [0.4, 0.5) is 5.69 Å². The molecule has 0 aliphatic carbocycles. The van der Waals surface area contributed by atoms with Crippen LogP contribution in [-0.2, 0) is 4.74 Å². The maximum atomic E-state index is 11.4. The lowest BCUT2D eigenvalue weighted by molar-refractivity contribution is 0.0600. The van der Waals surface area contributed by atoms with Crippen LogP contribution in [0.1, 0.15) is 42.6 Å². The van der Waals surface area contributed by atoms with Gasteiger partial charge in [0.05, 0.1) is 12.7 Å². The maximum absolute atomic E-state index is 11.4. The summed E-state index contributed by atoms with van der Waals surface area (Å²) in [4.78, 5) is 11.4. The minimum absolute atomic E-state index is 0.290. The Morgan fingerprint density at radius 2 is 2.00 bits per heavy atom. The second-order valence-corrected chi connectivity index (χ2v) is 4.18. The predicted octanol–water partition coefficient (Wildman–Crippen LogP) is 3.38. The summed E-state index contributed by atoms with van der Waals surface area (Å²) in [6.45, 7) is 6.33. The molecular formula is C14H21NO2. The van der Waals surface area contributed by atoms with Gasteiger partial charge in [-0.15, -0.1) is 0 Å². The second-order valence-electron chi connectivity index (χ2n) is 4.18. The largest absolute Gasteiger partial charge is 0.465 e. The lowest BCUT2D eigenvalue weighted by Crippen LogP contribution is -2.17.